The summed E-state index contributed by atoms with van der Waals surface area (Å²) < 4.78 is 23.5. The van der Waals surface area contributed by atoms with Crippen LogP contribution in [0.4, 0.5) is 10.1 Å². The van der Waals surface area contributed by atoms with Crippen LogP contribution in [0.5, 0.6) is 11.5 Å². The number of ether oxygens (including phenoxy) is 2. The highest BCUT2D eigenvalue weighted by molar-refractivity contribution is 5.97. The van der Waals surface area contributed by atoms with Gasteiger partial charge in [-0.3, -0.25) is 9.69 Å². The van der Waals surface area contributed by atoms with Crippen molar-refractivity contribution in [3.05, 3.63) is 53.8 Å². The van der Waals surface area contributed by atoms with Crippen molar-refractivity contribution < 1.29 is 18.7 Å². The zero-order valence-corrected chi connectivity index (χ0v) is 16.3. The van der Waals surface area contributed by atoms with E-state index in [0.29, 0.717) is 23.6 Å². The standard InChI is InChI=1S/C21H26FN3O3/c1-27-18-7-8-19(20(15-18)28-2)21(26)23-9-10-24-11-13-25(14-12-24)17-5-3-16(22)4-6-17/h3-8,15H,9-14H2,1-2H3,(H,23,26). The predicted octanol–water partition coefficient (Wildman–Crippen LogP) is 2.39. The number of halogens is 1. The van der Waals surface area contributed by atoms with E-state index in [4.69, 9.17) is 9.47 Å². The highest BCUT2D eigenvalue weighted by Crippen LogP contribution is 2.24. The van der Waals surface area contributed by atoms with Crippen molar-refractivity contribution in [3.8, 4) is 11.5 Å². The maximum Gasteiger partial charge on any atom is 0.255 e. The van der Waals surface area contributed by atoms with E-state index in [1.165, 1.54) is 19.2 Å². The van der Waals surface area contributed by atoms with Gasteiger partial charge < -0.3 is 19.7 Å². The summed E-state index contributed by atoms with van der Waals surface area (Å²) >= 11 is 0. The smallest absolute Gasteiger partial charge is 0.255 e. The number of anilines is 1. The largest absolute Gasteiger partial charge is 0.497 e. The lowest BCUT2D eigenvalue weighted by Gasteiger charge is -2.36. The van der Waals surface area contributed by atoms with Crippen LogP contribution in [0.1, 0.15) is 10.4 Å². The molecule has 1 fully saturated rings. The molecular weight excluding hydrogens is 361 g/mol. The van der Waals surface area contributed by atoms with Gasteiger partial charge in [0.15, 0.2) is 0 Å². The molecule has 150 valence electrons. The second kappa shape index (κ2) is 9.41. The number of hydrogen-bond donors (Lipinski definition) is 1. The Morgan fingerprint density at radius 2 is 1.75 bits per heavy atom. The Balaban J connectivity index is 1.44. The van der Waals surface area contributed by atoms with Gasteiger partial charge in [-0.25, -0.2) is 4.39 Å². The Kier molecular flexibility index (Phi) is 6.71. The van der Waals surface area contributed by atoms with Crippen LogP contribution in [0.3, 0.4) is 0 Å². The van der Waals surface area contributed by atoms with Crippen molar-refractivity contribution >= 4 is 11.6 Å². The lowest BCUT2D eigenvalue weighted by molar-refractivity contribution is 0.0944. The average Bonchev–Trinajstić information content (AvgIpc) is 2.74. The second-order valence-corrected chi connectivity index (χ2v) is 6.63. The molecule has 6 nitrogen and oxygen atoms in total. The summed E-state index contributed by atoms with van der Waals surface area (Å²) in [6.07, 6.45) is 0. The van der Waals surface area contributed by atoms with Crippen molar-refractivity contribution in [2.24, 2.45) is 0 Å². The van der Waals surface area contributed by atoms with Crippen molar-refractivity contribution in [1.82, 2.24) is 10.2 Å². The van der Waals surface area contributed by atoms with Crippen molar-refractivity contribution in [1.29, 1.82) is 0 Å². The normalized spacial score (nSPS) is 14.6. The van der Waals surface area contributed by atoms with Crippen LogP contribution in [-0.4, -0.2) is 64.3 Å². The molecule has 1 saturated heterocycles. The molecule has 0 saturated carbocycles. The Bertz CT molecular complexity index is 790. The van der Waals surface area contributed by atoms with Gasteiger partial charge >= 0.3 is 0 Å². The van der Waals surface area contributed by atoms with Gasteiger partial charge in [0.2, 0.25) is 0 Å². The van der Waals surface area contributed by atoms with Gasteiger partial charge in [0.25, 0.3) is 5.91 Å². The van der Waals surface area contributed by atoms with E-state index in [2.05, 4.69) is 15.1 Å². The Morgan fingerprint density at radius 3 is 2.39 bits per heavy atom. The number of benzene rings is 2. The van der Waals surface area contributed by atoms with Gasteiger partial charge in [0, 0.05) is 51.0 Å². The summed E-state index contributed by atoms with van der Waals surface area (Å²) in [6.45, 7) is 4.90. The molecule has 1 amide bonds. The van der Waals surface area contributed by atoms with Gasteiger partial charge in [-0.15, -0.1) is 0 Å². The van der Waals surface area contributed by atoms with Crippen LogP contribution < -0.4 is 19.7 Å². The van der Waals surface area contributed by atoms with Gasteiger partial charge in [-0.05, 0) is 36.4 Å². The van der Waals surface area contributed by atoms with Gasteiger partial charge in [0.1, 0.15) is 17.3 Å². The molecule has 0 atom stereocenters. The monoisotopic (exact) mass is 387 g/mol. The molecule has 3 rings (SSSR count). The molecule has 0 aromatic heterocycles. The van der Waals surface area contributed by atoms with Crippen LogP contribution in [0.15, 0.2) is 42.5 Å². The third-order valence-corrected chi connectivity index (χ3v) is 4.93. The van der Waals surface area contributed by atoms with E-state index in [1.54, 1.807) is 25.3 Å². The highest BCUT2D eigenvalue weighted by atomic mass is 19.1. The Labute approximate surface area is 164 Å². The molecule has 2 aromatic rings. The second-order valence-electron chi connectivity index (χ2n) is 6.63. The maximum absolute atomic E-state index is 13.1. The molecule has 0 unspecified atom stereocenters. The SMILES string of the molecule is COc1ccc(C(=O)NCCN2CCN(c3ccc(F)cc3)CC2)c(OC)c1. The van der Waals surface area contributed by atoms with E-state index in [9.17, 15) is 9.18 Å². The van der Waals surface area contributed by atoms with Gasteiger partial charge in [0.05, 0.1) is 19.8 Å². The van der Waals surface area contributed by atoms with Crippen LogP contribution >= 0.6 is 0 Å². The minimum Gasteiger partial charge on any atom is -0.497 e. The number of methoxy groups -OCH3 is 2. The first-order valence-corrected chi connectivity index (χ1v) is 9.34. The first kappa shape index (κ1) is 19.9. The van der Waals surface area contributed by atoms with Crippen LogP contribution in [0, 0.1) is 5.82 Å². The maximum atomic E-state index is 13.1. The van der Waals surface area contributed by atoms with Crippen LogP contribution in [0.2, 0.25) is 0 Å². The molecule has 1 aliphatic heterocycles. The molecule has 0 spiro atoms. The fourth-order valence-electron chi connectivity index (χ4n) is 3.29. The first-order chi connectivity index (χ1) is 13.6. The average molecular weight is 387 g/mol. The first-order valence-electron chi connectivity index (χ1n) is 9.34. The minimum absolute atomic E-state index is 0.163. The highest BCUT2D eigenvalue weighted by Gasteiger charge is 2.18. The summed E-state index contributed by atoms with van der Waals surface area (Å²) in [5.41, 5.74) is 1.53. The van der Waals surface area contributed by atoms with E-state index < -0.39 is 0 Å². The number of nitrogens with one attached hydrogen (secondary N) is 1. The predicted molar refractivity (Wildman–Crippen MR) is 107 cm³/mol. The number of hydrogen-bond acceptors (Lipinski definition) is 5. The molecule has 1 heterocycles. The number of carbonyl (C=O) groups excluding carboxylic acids is 1. The summed E-state index contributed by atoms with van der Waals surface area (Å²) in [6, 6.07) is 11.8. The lowest BCUT2D eigenvalue weighted by atomic mass is 10.1. The third kappa shape index (κ3) is 4.92. The molecule has 0 bridgehead atoms. The van der Waals surface area contributed by atoms with Crippen LogP contribution in [0.25, 0.3) is 0 Å². The summed E-state index contributed by atoms with van der Waals surface area (Å²) in [5.74, 6) is 0.758. The minimum atomic E-state index is -0.216. The molecule has 1 N–H and O–H groups in total. The fraction of sp³-hybridized carbons (Fsp3) is 0.381. The number of piperazine rings is 1. The molecule has 28 heavy (non-hydrogen) atoms. The van der Waals surface area contributed by atoms with E-state index in [-0.39, 0.29) is 11.7 Å². The van der Waals surface area contributed by atoms with E-state index in [0.717, 1.165) is 38.4 Å². The third-order valence-electron chi connectivity index (χ3n) is 4.93. The van der Waals surface area contributed by atoms with Crippen molar-refractivity contribution in [2.45, 2.75) is 0 Å². The van der Waals surface area contributed by atoms with Crippen molar-refractivity contribution in [3.63, 3.8) is 0 Å². The number of rotatable bonds is 7. The molecule has 0 radical (unpaired) electrons. The number of amides is 1. The van der Waals surface area contributed by atoms with Crippen molar-refractivity contribution in [2.75, 3.05) is 58.4 Å². The van der Waals surface area contributed by atoms with Gasteiger partial charge in [-0.2, -0.15) is 0 Å². The topological polar surface area (TPSA) is 54.0 Å². The van der Waals surface area contributed by atoms with Crippen LogP contribution in [-0.2, 0) is 0 Å². The number of carbonyl (C=O) groups is 1. The zero-order valence-electron chi connectivity index (χ0n) is 16.3. The lowest BCUT2D eigenvalue weighted by Crippen LogP contribution is -2.48. The Hall–Kier alpha value is -2.80. The molecule has 2 aromatic carbocycles. The van der Waals surface area contributed by atoms with E-state index in [1.807, 2.05) is 12.1 Å². The Morgan fingerprint density at radius 1 is 1.04 bits per heavy atom. The molecule has 1 aliphatic rings. The van der Waals surface area contributed by atoms with Gasteiger partial charge in [-0.1, -0.05) is 0 Å². The van der Waals surface area contributed by atoms with E-state index >= 15 is 0 Å². The quantitative estimate of drug-likeness (QED) is 0.791. The summed E-state index contributed by atoms with van der Waals surface area (Å²) in [5, 5.41) is 2.95. The molecular formula is C21H26FN3O3. The molecule has 7 heteroatoms. The summed E-state index contributed by atoms with van der Waals surface area (Å²) in [4.78, 5) is 17.0. The number of nitrogens with zero attached hydrogens (tertiary/aromatic N) is 2. The molecule has 0 aliphatic carbocycles. The fourth-order valence-corrected chi connectivity index (χ4v) is 3.29. The zero-order chi connectivity index (χ0) is 19.9. The summed E-state index contributed by atoms with van der Waals surface area (Å²) in [7, 11) is 3.11.